The molecule has 1 atom stereocenters. The molecule has 0 bridgehead atoms. The van der Waals surface area contributed by atoms with Crippen LogP contribution in [0, 0.1) is 0 Å². The van der Waals surface area contributed by atoms with Crippen molar-refractivity contribution in [2.75, 3.05) is 6.61 Å². The molecule has 19 heavy (non-hydrogen) atoms. The van der Waals surface area contributed by atoms with Crippen molar-refractivity contribution < 1.29 is 9.84 Å². The fourth-order valence-electron chi connectivity index (χ4n) is 1.77. The number of ether oxygens (including phenoxy) is 1. The van der Waals surface area contributed by atoms with Crippen LogP contribution >= 0.6 is 11.6 Å². The number of rotatable bonds is 5. The summed E-state index contributed by atoms with van der Waals surface area (Å²) >= 11 is 6.11. The Labute approximate surface area is 117 Å². The van der Waals surface area contributed by atoms with Gasteiger partial charge in [-0.05, 0) is 30.2 Å². The van der Waals surface area contributed by atoms with Crippen molar-refractivity contribution in [3.63, 3.8) is 0 Å². The van der Waals surface area contributed by atoms with Crippen LogP contribution in [0.15, 0.2) is 30.6 Å². The molecule has 5 heteroatoms. The summed E-state index contributed by atoms with van der Waals surface area (Å²) in [5.74, 6) is 0.634. The molecule has 0 spiro atoms. The average Bonchev–Trinajstić information content (AvgIpc) is 2.77. The van der Waals surface area contributed by atoms with Crippen LogP contribution in [0.25, 0.3) is 0 Å². The number of nitrogens with zero attached hydrogens (tertiary/aromatic N) is 2. The van der Waals surface area contributed by atoms with E-state index in [-0.39, 0.29) is 0 Å². The minimum absolute atomic E-state index is 0.518. The maximum atomic E-state index is 9.46. The minimum Gasteiger partial charge on any atom is -0.492 e. The second-order valence-electron chi connectivity index (χ2n) is 4.49. The third-order valence-corrected chi connectivity index (χ3v) is 3.14. The maximum absolute atomic E-state index is 9.46. The van der Waals surface area contributed by atoms with Gasteiger partial charge in [-0.2, -0.15) is 5.10 Å². The summed E-state index contributed by atoms with van der Waals surface area (Å²) in [5.41, 5.74) is 1.91. The van der Waals surface area contributed by atoms with Crippen LogP contribution in [0.3, 0.4) is 0 Å². The third kappa shape index (κ3) is 3.72. The Morgan fingerprint density at radius 3 is 2.84 bits per heavy atom. The highest BCUT2D eigenvalue weighted by Gasteiger charge is 2.06. The predicted octanol–water partition coefficient (Wildman–Crippen LogP) is 2.75. The molecule has 4 nitrogen and oxygen atoms in total. The number of aromatic nitrogens is 2. The molecule has 0 aliphatic rings. The van der Waals surface area contributed by atoms with Crippen molar-refractivity contribution >= 4 is 11.6 Å². The number of aliphatic hydroxyl groups is 1. The quantitative estimate of drug-likeness (QED) is 0.916. The number of aryl methyl sites for hydroxylation is 1. The molecule has 1 N–H and O–H groups in total. The van der Waals surface area contributed by atoms with E-state index in [0.29, 0.717) is 17.4 Å². The van der Waals surface area contributed by atoms with Gasteiger partial charge in [-0.15, -0.1) is 0 Å². The molecule has 0 saturated carbocycles. The van der Waals surface area contributed by atoms with Crippen molar-refractivity contribution in [1.82, 2.24) is 9.78 Å². The molecule has 0 amide bonds. The lowest BCUT2D eigenvalue weighted by molar-refractivity contribution is 0.199. The maximum Gasteiger partial charge on any atom is 0.137 e. The fourth-order valence-corrected chi connectivity index (χ4v) is 2.02. The van der Waals surface area contributed by atoms with E-state index in [1.54, 1.807) is 23.7 Å². The van der Waals surface area contributed by atoms with Crippen molar-refractivity contribution in [2.45, 2.75) is 19.4 Å². The highest BCUT2D eigenvalue weighted by Crippen LogP contribution is 2.27. The standard InChI is InChI=1S/C14H17ClN2O2/c1-10(18)12-3-4-14(13(15)7-12)19-6-5-11-8-16-17(2)9-11/h3-4,7-10,18H,5-6H2,1-2H3/t10-/m1/s1. The predicted molar refractivity (Wildman–Crippen MR) is 74.5 cm³/mol. The van der Waals surface area contributed by atoms with Crippen LogP contribution in [0.5, 0.6) is 5.75 Å². The normalized spacial score (nSPS) is 12.4. The van der Waals surface area contributed by atoms with Gasteiger partial charge < -0.3 is 9.84 Å². The van der Waals surface area contributed by atoms with E-state index in [4.69, 9.17) is 16.3 Å². The average molecular weight is 281 g/mol. The van der Waals surface area contributed by atoms with Gasteiger partial charge in [-0.1, -0.05) is 17.7 Å². The van der Waals surface area contributed by atoms with Crippen LogP contribution in [0.4, 0.5) is 0 Å². The molecule has 1 aromatic carbocycles. The van der Waals surface area contributed by atoms with Gasteiger partial charge in [0.15, 0.2) is 0 Å². The van der Waals surface area contributed by atoms with Gasteiger partial charge in [0, 0.05) is 19.7 Å². The summed E-state index contributed by atoms with van der Waals surface area (Å²) in [6.07, 6.45) is 4.03. The number of aliphatic hydroxyl groups excluding tert-OH is 1. The molecule has 0 unspecified atom stereocenters. The lowest BCUT2D eigenvalue weighted by Crippen LogP contribution is -2.02. The molecule has 0 aliphatic carbocycles. The first-order chi connectivity index (χ1) is 9.06. The Morgan fingerprint density at radius 1 is 1.47 bits per heavy atom. The zero-order chi connectivity index (χ0) is 13.8. The Balaban J connectivity index is 1.92. The largest absolute Gasteiger partial charge is 0.492 e. The fraction of sp³-hybridized carbons (Fsp3) is 0.357. The highest BCUT2D eigenvalue weighted by atomic mass is 35.5. The molecule has 0 fully saturated rings. The Bertz CT molecular complexity index is 552. The highest BCUT2D eigenvalue weighted by molar-refractivity contribution is 6.32. The Kier molecular flexibility index (Phi) is 4.45. The van der Waals surface area contributed by atoms with Gasteiger partial charge in [0.1, 0.15) is 5.75 Å². The van der Waals surface area contributed by atoms with E-state index in [1.807, 2.05) is 25.5 Å². The van der Waals surface area contributed by atoms with Crippen molar-refractivity contribution in [3.8, 4) is 5.75 Å². The van der Waals surface area contributed by atoms with Crippen molar-refractivity contribution in [1.29, 1.82) is 0 Å². The molecular weight excluding hydrogens is 264 g/mol. The van der Waals surface area contributed by atoms with Crippen LogP contribution in [0.1, 0.15) is 24.2 Å². The molecule has 2 rings (SSSR count). The van der Waals surface area contributed by atoms with E-state index in [1.165, 1.54) is 0 Å². The summed E-state index contributed by atoms with van der Waals surface area (Å²) < 4.78 is 7.40. The van der Waals surface area contributed by atoms with Gasteiger partial charge in [0.25, 0.3) is 0 Å². The second kappa shape index (κ2) is 6.08. The number of benzene rings is 1. The van der Waals surface area contributed by atoms with Gasteiger partial charge in [0.05, 0.1) is 23.9 Å². The molecule has 2 aromatic rings. The number of hydrogen-bond donors (Lipinski definition) is 1. The van der Waals surface area contributed by atoms with E-state index in [2.05, 4.69) is 5.10 Å². The smallest absolute Gasteiger partial charge is 0.137 e. The van der Waals surface area contributed by atoms with E-state index >= 15 is 0 Å². The second-order valence-corrected chi connectivity index (χ2v) is 4.89. The summed E-state index contributed by atoms with van der Waals surface area (Å²) in [6.45, 7) is 2.24. The lowest BCUT2D eigenvalue weighted by Gasteiger charge is -2.10. The summed E-state index contributed by atoms with van der Waals surface area (Å²) in [4.78, 5) is 0. The summed E-state index contributed by atoms with van der Waals surface area (Å²) in [5, 5.41) is 14.1. The first-order valence-electron chi connectivity index (χ1n) is 6.14. The van der Waals surface area contributed by atoms with Gasteiger partial charge >= 0.3 is 0 Å². The van der Waals surface area contributed by atoms with Crippen LogP contribution in [-0.4, -0.2) is 21.5 Å². The van der Waals surface area contributed by atoms with Crippen LogP contribution in [0.2, 0.25) is 5.02 Å². The minimum atomic E-state index is -0.526. The van der Waals surface area contributed by atoms with Crippen LogP contribution in [-0.2, 0) is 13.5 Å². The van der Waals surface area contributed by atoms with Gasteiger partial charge in [-0.25, -0.2) is 0 Å². The monoisotopic (exact) mass is 280 g/mol. The topological polar surface area (TPSA) is 47.3 Å². The number of halogens is 1. The molecule has 0 saturated heterocycles. The summed E-state index contributed by atoms with van der Waals surface area (Å²) in [6, 6.07) is 5.33. The van der Waals surface area contributed by atoms with E-state index < -0.39 is 6.10 Å². The number of hydrogen-bond acceptors (Lipinski definition) is 3. The zero-order valence-electron chi connectivity index (χ0n) is 11.0. The summed E-state index contributed by atoms with van der Waals surface area (Å²) in [7, 11) is 1.88. The third-order valence-electron chi connectivity index (χ3n) is 2.84. The van der Waals surface area contributed by atoms with E-state index in [0.717, 1.165) is 17.5 Å². The van der Waals surface area contributed by atoms with Gasteiger partial charge in [-0.3, -0.25) is 4.68 Å². The van der Waals surface area contributed by atoms with Crippen LogP contribution < -0.4 is 4.74 Å². The molecular formula is C14H17ClN2O2. The first-order valence-corrected chi connectivity index (χ1v) is 6.52. The van der Waals surface area contributed by atoms with Gasteiger partial charge in [0.2, 0.25) is 0 Å². The lowest BCUT2D eigenvalue weighted by atomic mass is 10.1. The van der Waals surface area contributed by atoms with Crippen molar-refractivity contribution in [3.05, 3.63) is 46.7 Å². The SMILES string of the molecule is C[C@@H](O)c1ccc(OCCc2cnn(C)c2)c(Cl)c1. The Hall–Kier alpha value is -1.52. The Morgan fingerprint density at radius 2 is 2.26 bits per heavy atom. The molecule has 0 radical (unpaired) electrons. The van der Waals surface area contributed by atoms with E-state index in [9.17, 15) is 5.11 Å². The molecule has 1 heterocycles. The first kappa shape index (κ1) is 13.9. The molecule has 102 valence electrons. The van der Waals surface area contributed by atoms with Crippen molar-refractivity contribution in [2.24, 2.45) is 7.05 Å². The molecule has 0 aliphatic heterocycles. The zero-order valence-corrected chi connectivity index (χ0v) is 11.8. The molecule has 1 aromatic heterocycles.